The van der Waals surface area contributed by atoms with Crippen LogP contribution in [-0.4, -0.2) is 4.98 Å². The molecular formula is C13H7BrClNO. The van der Waals surface area contributed by atoms with Crippen LogP contribution in [0.15, 0.2) is 51.4 Å². The van der Waals surface area contributed by atoms with Crippen LogP contribution in [0.2, 0.25) is 5.02 Å². The summed E-state index contributed by atoms with van der Waals surface area (Å²) >= 11 is 9.39. The Balaban J connectivity index is 2.24. The number of oxazole rings is 1. The molecular weight excluding hydrogens is 302 g/mol. The monoisotopic (exact) mass is 307 g/mol. The fraction of sp³-hybridized carbons (Fsp3) is 0. The van der Waals surface area contributed by atoms with Gasteiger partial charge in [0.25, 0.3) is 0 Å². The van der Waals surface area contributed by atoms with Gasteiger partial charge in [0.1, 0.15) is 5.52 Å². The molecule has 3 aromatic rings. The maximum Gasteiger partial charge on any atom is 0.227 e. The van der Waals surface area contributed by atoms with E-state index in [4.69, 9.17) is 16.0 Å². The zero-order chi connectivity index (χ0) is 11.8. The first-order chi connectivity index (χ1) is 8.24. The van der Waals surface area contributed by atoms with E-state index < -0.39 is 0 Å². The molecule has 84 valence electrons. The number of aromatic nitrogens is 1. The largest absolute Gasteiger partial charge is 0.436 e. The minimum absolute atomic E-state index is 0.601. The second-order valence-electron chi connectivity index (χ2n) is 3.62. The van der Waals surface area contributed by atoms with Crippen molar-refractivity contribution in [1.29, 1.82) is 0 Å². The molecule has 17 heavy (non-hydrogen) atoms. The molecule has 1 heterocycles. The van der Waals surface area contributed by atoms with E-state index in [1.54, 1.807) is 12.1 Å². The van der Waals surface area contributed by atoms with Crippen molar-refractivity contribution in [2.45, 2.75) is 0 Å². The molecule has 0 aliphatic rings. The first-order valence-electron chi connectivity index (χ1n) is 5.05. The number of rotatable bonds is 1. The maximum atomic E-state index is 5.96. The molecule has 3 rings (SSSR count). The topological polar surface area (TPSA) is 26.0 Å². The third kappa shape index (κ3) is 1.96. The Labute approximate surface area is 111 Å². The van der Waals surface area contributed by atoms with Crippen LogP contribution in [0.5, 0.6) is 0 Å². The summed E-state index contributed by atoms with van der Waals surface area (Å²) in [6.45, 7) is 0. The van der Waals surface area contributed by atoms with Gasteiger partial charge in [0.05, 0.1) is 0 Å². The van der Waals surface area contributed by atoms with Gasteiger partial charge in [-0.1, -0.05) is 29.8 Å². The molecule has 0 bridgehead atoms. The summed E-state index contributed by atoms with van der Waals surface area (Å²) in [7, 11) is 0. The molecule has 0 atom stereocenters. The van der Waals surface area contributed by atoms with Crippen LogP contribution in [0.4, 0.5) is 0 Å². The third-order valence-corrected chi connectivity index (χ3v) is 3.26. The zero-order valence-corrected chi connectivity index (χ0v) is 11.0. The average Bonchev–Trinajstić information content (AvgIpc) is 2.74. The number of nitrogens with zero attached hydrogens (tertiary/aromatic N) is 1. The summed E-state index contributed by atoms with van der Waals surface area (Å²) in [6.07, 6.45) is 0. The van der Waals surface area contributed by atoms with E-state index in [0.29, 0.717) is 16.5 Å². The lowest BCUT2D eigenvalue weighted by Gasteiger charge is -1.91. The first kappa shape index (κ1) is 10.8. The minimum atomic E-state index is 0.601. The predicted octanol–water partition coefficient (Wildman–Crippen LogP) is 4.91. The van der Waals surface area contributed by atoms with Crippen molar-refractivity contribution in [3.63, 3.8) is 0 Å². The summed E-state index contributed by atoms with van der Waals surface area (Å²) in [6, 6.07) is 13.3. The van der Waals surface area contributed by atoms with E-state index >= 15 is 0 Å². The standard InChI is InChI=1S/C13H7BrClNO/c14-10-6-9(15)7-11-12(10)16-13(17-11)8-4-2-1-3-5-8/h1-7H. The summed E-state index contributed by atoms with van der Waals surface area (Å²) in [5.74, 6) is 0.601. The Morgan fingerprint density at radius 2 is 1.88 bits per heavy atom. The van der Waals surface area contributed by atoms with E-state index in [9.17, 15) is 0 Å². The second kappa shape index (κ2) is 4.17. The van der Waals surface area contributed by atoms with Crippen LogP contribution in [0.3, 0.4) is 0 Å². The number of hydrogen-bond acceptors (Lipinski definition) is 2. The van der Waals surface area contributed by atoms with Crippen molar-refractivity contribution in [2.75, 3.05) is 0 Å². The maximum absolute atomic E-state index is 5.96. The normalized spacial score (nSPS) is 10.9. The van der Waals surface area contributed by atoms with Gasteiger partial charge >= 0.3 is 0 Å². The van der Waals surface area contributed by atoms with E-state index in [1.807, 2.05) is 30.3 Å². The van der Waals surface area contributed by atoms with Gasteiger partial charge in [-0.25, -0.2) is 4.98 Å². The molecule has 4 heteroatoms. The van der Waals surface area contributed by atoms with Gasteiger partial charge in [-0.2, -0.15) is 0 Å². The first-order valence-corrected chi connectivity index (χ1v) is 6.22. The molecule has 1 aromatic heterocycles. The highest BCUT2D eigenvalue weighted by Crippen LogP contribution is 2.31. The second-order valence-corrected chi connectivity index (χ2v) is 4.91. The van der Waals surface area contributed by atoms with Crippen LogP contribution in [0, 0.1) is 0 Å². The minimum Gasteiger partial charge on any atom is -0.436 e. The highest BCUT2D eigenvalue weighted by atomic mass is 79.9. The molecule has 0 fully saturated rings. The Bertz CT molecular complexity index is 678. The molecule has 0 radical (unpaired) electrons. The summed E-state index contributed by atoms with van der Waals surface area (Å²) < 4.78 is 6.53. The van der Waals surface area contributed by atoms with Gasteiger partial charge in [0, 0.05) is 21.1 Å². The van der Waals surface area contributed by atoms with Crippen molar-refractivity contribution in [1.82, 2.24) is 4.98 Å². The fourth-order valence-electron chi connectivity index (χ4n) is 1.66. The average molecular weight is 309 g/mol. The highest BCUT2D eigenvalue weighted by Gasteiger charge is 2.11. The third-order valence-electron chi connectivity index (χ3n) is 2.43. The lowest BCUT2D eigenvalue weighted by atomic mass is 10.2. The van der Waals surface area contributed by atoms with Crippen LogP contribution < -0.4 is 0 Å². The molecule has 0 saturated heterocycles. The summed E-state index contributed by atoms with van der Waals surface area (Å²) in [5, 5.41) is 0.625. The Kier molecular flexibility index (Phi) is 2.65. The van der Waals surface area contributed by atoms with Crippen LogP contribution in [0.25, 0.3) is 22.6 Å². The molecule has 2 aromatic carbocycles. The Hall–Kier alpha value is -1.32. The number of hydrogen-bond donors (Lipinski definition) is 0. The SMILES string of the molecule is Clc1cc(Br)c2nc(-c3ccccc3)oc2c1. The van der Waals surface area contributed by atoms with Crippen molar-refractivity contribution >= 4 is 38.6 Å². The van der Waals surface area contributed by atoms with Gasteiger partial charge in [-0.05, 0) is 34.1 Å². The van der Waals surface area contributed by atoms with Gasteiger partial charge in [-0.3, -0.25) is 0 Å². The summed E-state index contributed by atoms with van der Waals surface area (Å²) in [4.78, 5) is 4.45. The van der Waals surface area contributed by atoms with E-state index in [0.717, 1.165) is 15.6 Å². The fourth-order valence-corrected chi connectivity index (χ4v) is 2.53. The molecule has 0 aliphatic heterocycles. The quantitative estimate of drug-likeness (QED) is 0.638. The Morgan fingerprint density at radius 1 is 1.12 bits per heavy atom. The molecule has 0 saturated carbocycles. The molecule has 0 N–H and O–H groups in total. The van der Waals surface area contributed by atoms with E-state index in [1.165, 1.54) is 0 Å². The molecule has 0 spiro atoms. The van der Waals surface area contributed by atoms with Crippen molar-refractivity contribution in [3.8, 4) is 11.5 Å². The number of fused-ring (bicyclic) bond motifs is 1. The number of benzene rings is 2. The predicted molar refractivity (Wildman–Crippen MR) is 72.2 cm³/mol. The molecule has 0 aliphatic carbocycles. The smallest absolute Gasteiger partial charge is 0.227 e. The number of halogens is 2. The van der Waals surface area contributed by atoms with Crippen molar-refractivity contribution in [3.05, 3.63) is 52.0 Å². The Morgan fingerprint density at radius 3 is 2.65 bits per heavy atom. The lowest BCUT2D eigenvalue weighted by molar-refractivity contribution is 0.620. The van der Waals surface area contributed by atoms with Crippen molar-refractivity contribution in [2.24, 2.45) is 0 Å². The van der Waals surface area contributed by atoms with Crippen LogP contribution >= 0.6 is 27.5 Å². The molecule has 2 nitrogen and oxygen atoms in total. The zero-order valence-electron chi connectivity index (χ0n) is 8.65. The lowest BCUT2D eigenvalue weighted by Crippen LogP contribution is -1.75. The molecule has 0 amide bonds. The van der Waals surface area contributed by atoms with Gasteiger partial charge in [-0.15, -0.1) is 0 Å². The van der Waals surface area contributed by atoms with Crippen LogP contribution in [-0.2, 0) is 0 Å². The van der Waals surface area contributed by atoms with Crippen LogP contribution in [0.1, 0.15) is 0 Å². The van der Waals surface area contributed by atoms with Gasteiger partial charge in [0.2, 0.25) is 5.89 Å². The van der Waals surface area contributed by atoms with E-state index in [-0.39, 0.29) is 0 Å². The summed E-state index contributed by atoms with van der Waals surface area (Å²) in [5.41, 5.74) is 2.42. The molecule has 0 unspecified atom stereocenters. The van der Waals surface area contributed by atoms with E-state index in [2.05, 4.69) is 20.9 Å². The highest BCUT2D eigenvalue weighted by molar-refractivity contribution is 9.10. The van der Waals surface area contributed by atoms with Gasteiger partial charge < -0.3 is 4.42 Å². The van der Waals surface area contributed by atoms with Gasteiger partial charge in [0.15, 0.2) is 5.58 Å². The van der Waals surface area contributed by atoms with Crippen molar-refractivity contribution < 1.29 is 4.42 Å².